The normalized spacial score (nSPS) is 14.1. The molecule has 0 saturated carbocycles. The molecular formula is C31H29F2N5O4. The Morgan fingerprint density at radius 1 is 1.02 bits per heavy atom. The molecule has 0 radical (unpaired) electrons. The van der Waals surface area contributed by atoms with E-state index >= 15 is 0 Å². The van der Waals surface area contributed by atoms with Crippen LogP contribution in [0.25, 0.3) is 10.9 Å². The molecule has 0 spiro atoms. The van der Waals surface area contributed by atoms with Gasteiger partial charge in [-0.1, -0.05) is 6.42 Å². The quantitative estimate of drug-likeness (QED) is 0.223. The lowest BCUT2D eigenvalue weighted by Crippen LogP contribution is -2.38. The van der Waals surface area contributed by atoms with Gasteiger partial charge in [-0.15, -0.1) is 0 Å². The molecule has 3 N–H and O–H groups in total. The number of aromatic nitrogens is 1. The standard InChI is InChI=1S/C31H29F2N5O4/c32-21-4-6-22(7-5-21)36-31(40)37-27-9-8-24(15-26(27)33)42-29-10-11-35-28-16-30(20(17-34)14-25(28)29)41-19-23(39)18-38-12-2-1-3-13-38/h4-11,14-16,23,39H,1-3,12-13,18-19H2,(H2,36,37,40). The van der Waals surface area contributed by atoms with Gasteiger partial charge in [-0.3, -0.25) is 4.98 Å². The number of aliphatic hydroxyl groups excluding tert-OH is 1. The SMILES string of the molecule is N#Cc1cc2c(Oc3ccc(NC(=O)Nc4ccc(F)cc4)c(F)c3)ccnc2cc1OCC(O)CN1CCCCC1. The molecule has 1 atom stereocenters. The van der Waals surface area contributed by atoms with Crippen molar-refractivity contribution in [3.63, 3.8) is 0 Å². The van der Waals surface area contributed by atoms with Crippen LogP contribution in [0.2, 0.25) is 0 Å². The van der Waals surface area contributed by atoms with Crippen molar-refractivity contribution in [1.82, 2.24) is 9.88 Å². The topological polar surface area (TPSA) is 120 Å². The van der Waals surface area contributed by atoms with Crippen LogP contribution in [0.5, 0.6) is 17.2 Å². The van der Waals surface area contributed by atoms with Crippen molar-refractivity contribution in [1.29, 1.82) is 5.26 Å². The third-order valence-electron chi connectivity index (χ3n) is 6.79. The fourth-order valence-electron chi connectivity index (χ4n) is 4.73. The second kappa shape index (κ2) is 13.2. The Labute approximate surface area is 241 Å². The lowest BCUT2D eigenvalue weighted by Gasteiger charge is -2.28. The number of aliphatic hydroxyl groups is 1. The highest BCUT2D eigenvalue weighted by Crippen LogP contribution is 2.34. The molecule has 5 rings (SSSR count). The minimum absolute atomic E-state index is 0.0362. The number of hydrogen-bond acceptors (Lipinski definition) is 7. The zero-order valence-corrected chi connectivity index (χ0v) is 22.6. The van der Waals surface area contributed by atoms with Gasteiger partial charge >= 0.3 is 6.03 Å². The van der Waals surface area contributed by atoms with Crippen molar-refractivity contribution in [2.24, 2.45) is 0 Å². The first-order chi connectivity index (χ1) is 20.4. The maximum atomic E-state index is 14.8. The molecule has 216 valence electrons. The van der Waals surface area contributed by atoms with Crippen LogP contribution >= 0.6 is 0 Å². The van der Waals surface area contributed by atoms with Gasteiger partial charge in [-0.25, -0.2) is 13.6 Å². The van der Waals surface area contributed by atoms with E-state index in [0.717, 1.165) is 32.0 Å². The number of anilines is 2. The monoisotopic (exact) mass is 573 g/mol. The molecule has 1 aliphatic heterocycles. The van der Waals surface area contributed by atoms with Gasteiger partial charge in [0.1, 0.15) is 47.7 Å². The van der Waals surface area contributed by atoms with E-state index in [9.17, 15) is 23.9 Å². The summed E-state index contributed by atoms with van der Waals surface area (Å²) in [5, 5.41) is 25.6. The van der Waals surface area contributed by atoms with E-state index in [4.69, 9.17) is 9.47 Å². The number of carbonyl (C=O) groups is 1. The molecule has 1 unspecified atom stereocenters. The highest BCUT2D eigenvalue weighted by molar-refractivity contribution is 5.99. The number of fused-ring (bicyclic) bond motifs is 1. The summed E-state index contributed by atoms with van der Waals surface area (Å²) in [7, 11) is 0. The zero-order valence-electron chi connectivity index (χ0n) is 22.6. The summed E-state index contributed by atoms with van der Waals surface area (Å²) in [6.45, 7) is 2.46. The summed E-state index contributed by atoms with van der Waals surface area (Å²) in [6.07, 6.45) is 4.27. The summed E-state index contributed by atoms with van der Waals surface area (Å²) in [6, 6.07) is 15.3. The van der Waals surface area contributed by atoms with Crippen molar-refractivity contribution in [3.8, 4) is 23.3 Å². The molecular weight excluding hydrogens is 544 g/mol. The van der Waals surface area contributed by atoms with Crippen LogP contribution in [0, 0.1) is 23.0 Å². The third kappa shape index (κ3) is 7.28. The number of piperidine rings is 1. The van der Waals surface area contributed by atoms with Gasteiger partial charge in [0.2, 0.25) is 0 Å². The molecule has 2 heterocycles. The largest absolute Gasteiger partial charge is 0.489 e. The minimum Gasteiger partial charge on any atom is -0.489 e. The molecule has 1 aliphatic rings. The number of nitrogens with one attached hydrogen (secondary N) is 2. The van der Waals surface area contributed by atoms with E-state index in [1.165, 1.54) is 49.0 Å². The van der Waals surface area contributed by atoms with Crippen LogP contribution in [-0.4, -0.2) is 53.4 Å². The van der Waals surface area contributed by atoms with Gasteiger partial charge in [0.05, 0.1) is 16.8 Å². The molecule has 2 amide bonds. The summed E-state index contributed by atoms with van der Waals surface area (Å²) in [5.41, 5.74) is 0.988. The van der Waals surface area contributed by atoms with Crippen molar-refractivity contribution in [2.45, 2.75) is 25.4 Å². The van der Waals surface area contributed by atoms with Crippen molar-refractivity contribution < 1.29 is 28.2 Å². The summed E-state index contributed by atoms with van der Waals surface area (Å²) < 4.78 is 39.6. The van der Waals surface area contributed by atoms with Gasteiger partial charge in [0.15, 0.2) is 0 Å². The number of ether oxygens (including phenoxy) is 2. The average molecular weight is 574 g/mol. The number of nitriles is 1. The second-order valence-corrected chi connectivity index (χ2v) is 9.94. The number of rotatable bonds is 9. The van der Waals surface area contributed by atoms with Crippen LogP contribution < -0.4 is 20.1 Å². The molecule has 1 saturated heterocycles. The number of nitrogens with zero attached hydrogens (tertiary/aromatic N) is 3. The number of urea groups is 1. The molecule has 1 fully saturated rings. The molecule has 4 aromatic rings. The highest BCUT2D eigenvalue weighted by Gasteiger charge is 2.17. The second-order valence-electron chi connectivity index (χ2n) is 9.94. The molecule has 9 nitrogen and oxygen atoms in total. The number of halogens is 2. The summed E-state index contributed by atoms with van der Waals surface area (Å²) in [4.78, 5) is 18.8. The number of benzene rings is 3. The zero-order chi connectivity index (χ0) is 29.5. The van der Waals surface area contributed by atoms with Crippen LogP contribution in [0.1, 0.15) is 24.8 Å². The lowest BCUT2D eigenvalue weighted by molar-refractivity contribution is 0.0617. The molecule has 0 aliphatic carbocycles. The molecule has 3 aromatic carbocycles. The predicted molar refractivity (Wildman–Crippen MR) is 154 cm³/mol. The Balaban J connectivity index is 1.26. The van der Waals surface area contributed by atoms with E-state index < -0.39 is 23.8 Å². The first kappa shape index (κ1) is 28.7. The molecule has 0 bridgehead atoms. The maximum absolute atomic E-state index is 14.8. The van der Waals surface area contributed by atoms with Gasteiger partial charge in [0.25, 0.3) is 0 Å². The number of hydrogen-bond donors (Lipinski definition) is 3. The van der Waals surface area contributed by atoms with Crippen molar-refractivity contribution >= 4 is 28.3 Å². The fraction of sp³-hybridized carbons (Fsp3) is 0.258. The first-order valence-electron chi connectivity index (χ1n) is 13.5. The van der Waals surface area contributed by atoms with E-state index in [-0.39, 0.29) is 23.6 Å². The number of β-amino-alcohol motifs (C(OH)–C–C–N with tert-alkyl or cyclic N) is 1. The van der Waals surface area contributed by atoms with Crippen LogP contribution in [0.3, 0.4) is 0 Å². The molecule has 11 heteroatoms. The van der Waals surface area contributed by atoms with Gasteiger partial charge < -0.3 is 30.1 Å². The molecule has 42 heavy (non-hydrogen) atoms. The van der Waals surface area contributed by atoms with Crippen molar-refractivity contribution in [2.75, 3.05) is 36.9 Å². The average Bonchev–Trinajstić information content (AvgIpc) is 2.99. The highest BCUT2D eigenvalue weighted by atomic mass is 19.1. The van der Waals surface area contributed by atoms with Crippen LogP contribution in [-0.2, 0) is 0 Å². The maximum Gasteiger partial charge on any atom is 0.323 e. The smallest absolute Gasteiger partial charge is 0.323 e. The summed E-state index contributed by atoms with van der Waals surface area (Å²) in [5.74, 6) is -0.392. The first-order valence-corrected chi connectivity index (χ1v) is 13.5. The number of amides is 2. The van der Waals surface area contributed by atoms with E-state index in [1.807, 2.05) is 0 Å². The minimum atomic E-state index is -0.739. The summed E-state index contributed by atoms with van der Waals surface area (Å²) >= 11 is 0. The fourth-order valence-corrected chi connectivity index (χ4v) is 4.73. The third-order valence-corrected chi connectivity index (χ3v) is 6.79. The van der Waals surface area contributed by atoms with E-state index in [2.05, 4.69) is 26.6 Å². The Bertz CT molecular complexity index is 1600. The molecule has 1 aromatic heterocycles. The van der Waals surface area contributed by atoms with E-state index in [1.54, 1.807) is 18.2 Å². The van der Waals surface area contributed by atoms with E-state index in [0.29, 0.717) is 34.6 Å². The lowest BCUT2D eigenvalue weighted by atomic mass is 10.1. The Morgan fingerprint density at radius 3 is 2.55 bits per heavy atom. The van der Waals surface area contributed by atoms with Gasteiger partial charge in [0, 0.05) is 35.9 Å². The van der Waals surface area contributed by atoms with Crippen molar-refractivity contribution in [3.05, 3.63) is 84.1 Å². The van der Waals surface area contributed by atoms with Crippen LogP contribution in [0.4, 0.5) is 25.0 Å². The van der Waals surface area contributed by atoms with Gasteiger partial charge in [-0.05, 0) is 74.5 Å². The Hall–Kier alpha value is -4.79. The predicted octanol–water partition coefficient (Wildman–Crippen LogP) is 6.05. The Morgan fingerprint density at radius 2 is 1.81 bits per heavy atom. The van der Waals surface area contributed by atoms with Crippen LogP contribution in [0.15, 0.2) is 66.9 Å². The Kier molecular flexibility index (Phi) is 9.06. The number of carbonyl (C=O) groups excluding carboxylic acids is 1. The number of likely N-dealkylation sites (tertiary alicyclic amines) is 1. The van der Waals surface area contributed by atoms with Gasteiger partial charge in [-0.2, -0.15) is 5.26 Å². The number of pyridine rings is 1.